The fourth-order valence-electron chi connectivity index (χ4n) is 2.62. The SMILES string of the molecule is C=CCc1cc(/C=N/NC(=O)C(=O)Nc2cccc(C)c2C)cc(OCC)c1O. The second-order valence-electron chi connectivity index (χ2n) is 6.35. The average Bonchev–Trinajstić information content (AvgIpc) is 2.69. The Bertz CT molecular complexity index is 951. The molecule has 3 N–H and O–H groups in total. The topological polar surface area (TPSA) is 100 Å². The summed E-state index contributed by atoms with van der Waals surface area (Å²) in [6, 6.07) is 8.74. The van der Waals surface area contributed by atoms with E-state index in [0.29, 0.717) is 35.6 Å². The third kappa shape index (κ3) is 5.68. The molecule has 152 valence electrons. The summed E-state index contributed by atoms with van der Waals surface area (Å²) in [5.41, 5.74) is 5.88. The van der Waals surface area contributed by atoms with Crippen molar-refractivity contribution in [2.75, 3.05) is 11.9 Å². The summed E-state index contributed by atoms with van der Waals surface area (Å²) >= 11 is 0. The van der Waals surface area contributed by atoms with Crippen LogP contribution in [-0.4, -0.2) is 29.7 Å². The lowest BCUT2D eigenvalue weighted by Gasteiger charge is -2.11. The Labute approximate surface area is 170 Å². The summed E-state index contributed by atoms with van der Waals surface area (Å²) in [5, 5.41) is 16.6. The Morgan fingerprint density at radius 2 is 2.00 bits per heavy atom. The van der Waals surface area contributed by atoms with E-state index in [1.165, 1.54) is 6.21 Å². The molecule has 0 radical (unpaired) electrons. The molecule has 0 saturated carbocycles. The van der Waals surface area contributed by atoms with Crippen LogP contribution in [0.4, 0.5) is 5.69 Å². The Hall–Kier alpha value is -3.61. The number of phenols is 1. The maximum absolute atomic E-state index is 12.1. The first kappa shape index (κ1) is 21.7. The number of benzene rings is 2. The van der Waals surface area contributed by atoms with Gasteiger partial charge < -0.3 is 15.2 Å². The molecule has 0 unspecified atom stereocenters. The number of phenolic OH excluding ortho intramolecular Hbond substituents is 1. The molecular formula is C22H25N3O4. The van der Waals surface area contributed by atoms with Gasteiger partial charge in [-0.2, -0.15) is 5.10 Å². The smallest absolute Gasteiger partial charge is 0.329 e. The van der Waals surface area contributed by atoms with Crippen molar-refractivity contribution in [1.82, 2.24) is 5.43 Å². The summed E-state index contributed by atoms with van der Waals surface area (Å²) in [6.45, 7) is 9.64. The molecule has 29 heavy (non-hydrogen) atoms. The molecular weight excluding hydrogens is 370 g/mol. The fraction of sp³-hybridized carbons (Fsp3) is 0.227. The second-order valence-corrected chi connectivity index (χ2v) is 6.35. The number of hydrogen-bond donors (Lipinski definition) is 3. The number of aryl methyl sites for hydroxylation is 1. The predicted octanol–water partition coefficient (Wildman–Crippen LogP) is 3.23. The number of ether oxygens (including phenoxy) is 1. The van der Waals surface area contributed by atoms with Crippen LogP contribution in [0.2, 0.25) is 0 Å². The third-order valence-electron chi connectivity index (χ3n) is 4.28. The Balaban J connectivity index is 2.08. The van der Waals surface area contributed by atoms with Crippen molar-refractivity contribution in [3.8, 4) is 11.5 Å². The van der Waals surface area contributed by atoms with E-state index >= 15 is 0 Å². The molecule has 0 fully saturated rings. The van der Waals surface area contributed by atoms with Gasteiger partial charge in [0.05, 0.1) is 12.8 Å². The van der Waals surface area contributed by atoms with Crippen molar-refractivity contribution >= 4 is 23.7 Å². The molecule has 2 amide bonds. The second kappa shape index (κ2) is 10.1. The lowest BCUT2D eigenvalue weighted by atomic mass is 10.1. The van der Waals surface area contributed by atoms with Crippen molar-refractivity contribution < 1.29 is 19.4 Å². The first-order chi connectivity index (χ1) is 13.9. The molecule has 0 aromatic heterocycles. The normalized spacial score (nSPS) is 10.6. The fourth-order valence-corrected chi connectivity index (χ4v) is 2.62. The van der Waals surface area contributed by atoms with Crippen LogP contribution in [0.25, 0.3) is 0 Å². The van der Waals surface area contributed by atoms with Crippen LogP contribution in [0, 0.1) is 13.8 Å². The molecule has 2 aromatic rings. The largest absolute Gasteiger partial charge is 0.504 e. The summed E-state index contributed by atoms with van der Waals surface area (Å²) in [5.74, 6) is -1.35. The molecule has 0 bridgehead atoms. The van der Waals surface area contributed by atoms with Crippen molar-refractivity contribution in [1.29, 1.82) is 0 Å². The Morgan fingerprint density at radius 1 is 1.24 bits per heavy atom. The monoisotopic (exact) mass is 395 g/mol. The highest BCUT2D eigenvalue weighted by Gasteiger charge is 2.14. The van der Waals surface area contributed by atoms with Gasteiger partial charge in [0.25, 0.3) is 0 Å². The zero-order valence-corrected chi connectivity index (χ0v) is 16.8. The molecule has 0 spiro atoms. The maximum atomic E-state index is 12.1. The average molecular weight is 395 g/mol. The van der Waals surface area contributed by atoms with Gasteiger partial charge in [-0.25, -0.2) is 5.43 Å². The molecule has 0 atom stereocenters. The number of hydrazone groups is 1. The molecule has 0 aliphatic heterocycles. The molecule has 7 heteroatoms. The number of carbonyl (C=O) groups is 2. The van der Waals surface area contributed by atoms with E-state index < -0.39 is 11.8 Å². The number of allylic oxidation sites excluding steroid dienone is 1. The Kier molecular flexibility index (Phi) is 7.54. The summed E-state index contributed by atoms with van der Waals surface area (Å²) < 4.78 is 5.42. The highest BCUT2D eigenvalue weighted by atomic mass is 16.5. The minimum Gasteiger partial charge on any atom is -0.504 e. The van der Waals surface area contributed by atoms with Gasteiger partial charge in [-0.1, -0.05) is 18.2 Å². The molecule has 2 aromatic carbocycles. The van der Waals surface area contributed by atoms with Crippen molar-refractivity contribution in [3.63, 3.8) is 0 Å². The van der Waals surface area contributed by atoms with Crippen LogP contribution in [0.3, 0.4) is 0 Å². The number of rotatable bonds is 7. The Morgan fingerprint density at radius 3 is 2.69 bits per heavy atom. The number of anilines is 1. The van der Waals surface area contributed by atoms with E-state index in [-0.39, 0.29) is 5.75 Å². The molecule has 0 heterocycles. The standard InChI is InChI=1S/C22H25N3O4/c1-5-8-17-11-16(12-19(20(17)26)29-6-2)13-23-25-22(28)21(27)24-18-10-7-9-14(3)15(18)4/h5,7,9-13,26H,1,6,8H2,2-4H3,(H,24,27)(H,25,28)/b23-13+. The van der Waals surface area contributed by atoms with Gasteiger partial charge in [0.2, 0.25) is 0 Å². The van der Waals surface area contributed by atoms with E-state index in [1.807, 2.05) is 26.8 Å². The van der Waals surface area contributed by atoms with Gasteiger partial charge in [-0.15, -0.1) is 6.58 Å². The lowest BCUT2D eigenvalue weighted by Crippen LogP contribution is -2.32. The molecule has 0 saturated heterocycles. The zero-order valence-electron chi connectivity index (χ0n) is 16.8. The molecule has 0 aliphatic carbocycles. The molecule has 2 rings (SSSR count). The minimum atomic E-state index is -0.891. The highest BCUT2D eigenvalue weighted by Crippen LogP contribution is 2.31. The number of nitrogens with zero attached hydrogens (tertiary/aromatic N) is 1. The third-order valence-corrected chi connectivity index (χ3v) is 4.28. The lowest BCUT2D eigenvalue weighted by molar-refractivity contribution is -0.136. The molecule has 0 aliphatic rings. The van der Waals surface area contributed by atoms with E-state index in [1.54, 1.807) is 30.3 Å². The summed E-state index contributed by atoms with van der Waals surface area (Å²) in [6.07, 6.45) is 3.47. The van der Waals surface area contributed by atoms with Crippen molar-refractivity contribution in [2.45, 2.75) is 27.2 Å². The van der Waals surface area contributed by atoms with Crippen LogP contribution < -0.4 is 15.5 Å². The number of hydrogen-bond acceptors (Lipinski definition) is 5. The van der Waals surface area contributed by atoms with Gasteiger partial charge >= 0.3 is 11.8 Å². The predicted molar refractivity (Wildman–Crippen MR) is 113 cm³/mol. The van der Waals surface area contributed by atoms with Crippen LogP contribution in [-0.2, 0) is 16.0 Å². The minimum absolute atomic E-state index is 0.0424. The number of carbonyl (C=O) groups excluding carboxylic acids is 2. The van der Waals surface area contributed by atoms with Crippen LogP contribution in [0.1, 0.15) is 29.2 Å². The van der Waals surface area contributed by atoms with Crippen LogP contribution >= 0.6 is 0 Å². The number of amides is 2. The summed E-state index contributed by atoms with van der Waals surface area (Å²) in [4.78, 5) is 24.1. The zero-order chi connectivity index (χ0) is 21.4. The number of aromatic hydroxyl groups is 1. The quantitative estimate of drug-likeness (QED) is 0.290. The van der Waals surface area contributed by atoms with Gasteiger partial charge in [-0.05, 0) is 62.1 Å². The number of nitrogens with one attached hydrogen (secondary N) is 2. The van der Waals surface area contributed by atoms with Gasteiger partial charge in [0, 0.05) is 11.3 Å². The van der Waals surface area contributed by atoms with Gasteiger partial charge in [-0.3, -0.25) is 9.59 Å². The van der Waals surface area contributed by atoms with E-state index in [2.05, 4.69) is 22.4 Å². The van der Waals surface area contributed by atoms with Gasteiger partial charge in [0.1, 0.15) is 0 Å². The molecule has 7 nitrogen and oxygen atoms in total. The first-order valence-corrected chi connectivity index (χ1v) is 9.17. The maximum Gasteiger partial charge on any atom is 0.329 e. The van der Waals surface area contributed by atoms with Crippen molar-refractivity contribution in [2.24, 2.45) is 5.10 Å². The van der Waals surface area contributed by atoms with E-state index in [9.17, 15) is 14.7 Å². The van der Waals surface area contributed by atoms with Crippen LogP contribution in [0.15, 0.2) is 48.1 Å². The van der Waals surface area contributed by atoms with E-state index in [4.69, 9.17) is 4.74 Å². The van der Waals surface area contributed by atoms with Gasteiger partial charge in [0.15, 0.2) is 11.5 Å². The van der Waals surface area contributed by atoms with Crippen molar-refractivity contribution in [3.05, 3.63) is 65.2 Å². The summed E-state index contributed by atoms with van der Waals surface area (Å²) in [7, 11) is 0. The first-order valence-electron chi connectivity index (χ1n) is 9.17. The van der Waals surface area contributed by atoms with Crippen LogP contribution in [0.5, 0.6) is 11.5 Å². The highest BCUT2D eigenvalue weighted by molar-refractivity contribution is 6.39. The van der Waals surface area contributed by atoms with E-state index in [0.717, 1.165) is 11.1 Å².